The normalized spacial score (nSPS) is 16.5. The van der Waals surface area contributed by atoms with Crippen LogP contribution in [0.3, 0.4) is 0 Å². The van der Waals surface area contributed by atoms with Gasteiger partial charge in [0, 0.05) is 22.3 Å². The second-order valence-electron chi connectivity index (χ2n) is 9.16. The summed E-state index contributed by atoms with van der Waals surface area (Å²) in [6.45, 7) is 0.473. The van der Waals surface area contributed by atoms with E-state index in [1.54, 1.807) is 7.11 Å². The van der Waals surface area contributed by atoms with Gasteiger partial charge in [-0.25, -0.2) is 9.18 Å². The Kier molecular flexibility index (Phi) is 5.97. The summed E-state index contributed by atoms with van der Waals surface area (Å²) in [5, 5.41) is 4.13. The summed E-state index contributed by atoms with van der Waals surface area (Å²) in [5.41, 5.74) is 5.05. The van der Waals surface area contributed by atoms with E-state index in [1.807, 2.05) is 46.6 Å². The quantitative estimate of drug-likeness (QED) is 0.306. The van der Waals surface area contributed by atoms with E-state index in [2.05, 4.69) is 22.1 Å². The molecule has 184 valence electrons. The second kappa shape index (κ2) is 9.30. The van der Waals surface area contributed by atoms with Crippen molar-refractivity contribution in [3.05, 3.63) is 98.9 Å². The summed E-state index contributed by atoms with van der Waals surface area (Å²) in [5.74, 6) is 0.237. The van der Waals surface area contributed by atoms with E-state index in [0.717, 1.165) is 36.3 Å². The number of rotatable bonds is 3. The lowest BCUT2D eigenvalue weighted by Gasteiger charge is -2.31. The average Bonchev–Trinajstić information content (AvgIpc) is 3.48. The molecule has 0 fully saturated rings. The van der Waals surface area contributed by atoms with Crippen LogP contribution in [0.4, 0.5) is 14.9 Å². The van der Waals surface area contributed by atoms with Gasteiger partial charge >= 0.3 is 6.03 Å². The van der Waals surface area contributed by atoms with E-state index in [4.69, 9.17) is 16.3 Å². The van der Waals surface area contributed by atoms with Crippen LogP contribution in [0.15, 0.2) is 60.8 Å². The first-order chi connectivity index (χ1) is 17.5. The summed E-state index contributed by atoms with van der Waals surface area (Å²) in [6, 6.07) is 15.6. The second-order valence-corrected chi connectivity index (χ2v) is 10.7. The maximum atomic E-state index is 13.9. The number of nitrogens with zero attached hydrogens (tertiary/aromatic N) is 2. The van der Waals surface area contributed by atoms with Gasteiger partial charge in [0.15, 0.2) is 0 Å². The molecule has 2 aromatic heterocycles. The van der Waals surface area contributed by atoms with Gasteiger partial charge in [0.1, 0.15) is 16.6 Å². The zero-order valence-electron chi connectivity index (χ0n) is 19.8. The van der Waals surface area contributed by atoms with E-state index >= 15 is 0 Å². The number of urea groups is 1. The molecule has 36 heavy (non-hydrogen) atoms. The molecule has 1 atom stereocenters. The topological polar surface area (TPSA) is 46.5 Å². The summed E-state index contributed by atoms with van der Waals surface area (Å²) in [7, 11) is 1.64. The van der Waals surface area contributed by atoms with Gasteiger partial charge in [-0.3, -0.25) is 0 Å². The number of hydrogen-bond acceptors (Lipinski definition) is 3. The third-order valence-electron chi connectivity index (χ3n) is 7.04. The highest BCUT2D eigenvalue weighted by atomic mass is 35.5. The number of hydrogen-bond donors (Lipinski definition) is 1. The van der Waals surface area contributed by atoms with Gasteiger partial charge < -0.3 is 19.5 Å². The molecule has 2 amide bonds. The SMILES string of the molecule is COc1ccc([C@H]2c3cccn3-c3sc4c(c3CN2C(=O)Nc2ccc(F)c(Cl)c2)CCCC4)cc1. The molecule has 0 bridgehead atoms. The van der Waals surface area contributed by atoms with Crippen LogP contribution in [0.2, 0.25) is 5.02 Å². The van der Waals surface area contributed by atoms with Gasteiger partial charge in [-0.15, -0.1) is 11.3 Å². The highest BCUT2D eigenvalue weighted by molar-refractivity contribution is 7.15. The van der Waals surface area contributed by atoms with E-state index < -0.39 is 5.82 Å². The maximum Gasteiger partial charge on any atom is 0.322 e. The average molecular weight is 522 g/mol. The number of amides is 2. The van der Waals surface area contributed by atoms with Gasteiger partial charge in [-0.2, -0.15) is 0 Å². The molecule has 3 heterocycles. The van der Waals surface area contributed by atoms with Gasteiger partial charge in [0.2, 0.25) is 0 Å². The number of aryl methyl sites for hydroxylation is 1. The molecule has 0 radical (unpaired) electrons. The number of carbonyl (C=O) groups excluding carboxylic acids is 1. The van der Waals surface area contributed by atoms with Crippen LogP contribution in [-0.2, 0) is 19.4 Å². The van der Waals surface area contributed by atoms with Crippen molar-refractivity contribution in [3.8, 4) is 10.8 Å². The fraction of sp³-hybridized carbons (Fsp3) is 0.250. The summed E-state index contributed by atoms with van der Waals surface area (Å²) in [4.78, 5) is 17.2. The van der Waals surface area contributed by atoms with Crippen molar-refractivity contribution in [1.82, 2.24) is 9.47 Å². The van der Waals surface area contributed by atoms with E-state index in [-0.39, 0.29) is 17.1 Å². The monoisotopic (exact) mass is 521 g/mol. The van der Waals surface area contributed by atoms with Crippen molar-refractivity contribution < 1.29 is 13.9 Å². The first-order valence-corrected chi connectivity index (χ1v) is 13.2. The van der Waals surface area contributed by atoms with Crippen molar-refractivity contribution >= 4 is 34.7 Å². The summed E-state index contributed by atoms with van der Waals surface area (Å²) in [6.07, 6.45) is 6.58. The fourth-order valence-corrected chi connectivity index (χ4v) is 6.88. The molecule has 0 saturated carbocycles. The van der Waals surface area contributed by atoms with Gasteiger partial charge in [-0.1, -0.05) is 23.7 Å². The lowest BCUT2D eigenvalue weighted by Crippen LogP contribution is -2.38. The Morgan fingerprint density at radius 1 is 1.11 bits per heavy atom. The molecule has 2 aliphatic rings. The van der Waals surface area contributed by atoms with Crippen molar-refractivity contribution in [2.75, 3.05) is 12.4 Å². The number of halogens is 2. The summed E-state index contributed by atoms with van der Waals surface area (Å²) >= 11 is 7.84. The molecule has 1 aliphatic carbocycles. The zero-order chi connectivity index (χ0) is 24.8. The van der Waals surface area contributed by atoms with Crippen molar-refractivity contribution in [2.45, 2.75) is 38.3 Å². The third-order valence-corrected chi connectivity index (χ3v) is 8.67. The van der Waals surface area contributed by atoms with Crippen LogP contribution in [0.25, 0.3) is 5.00 Å². The molecule has 0 spiro atoms. The highest BCUT2D eigenvalue weighted by Gasteiger charge is 2.36. The minimum Gasteiger partial charge on any atom is -0.497 e. The first-order valence-electron chi connectivity index (χ1n) is 12.0. The van der Waals surface area contributed by atoms with Gasteiger partial charge in [-0.05, 0) is 79.3 Å². The fourth-order valence-electron chi connectivity index (χ4n) is 5.29. The Hall–Kier alpha value is -3.29. The van der Waals surface area contributed by atoms with Crippen molar-refractivity contribution in [3.63, 3.8) is 0 Å². The third kappa shape index (κ3) is 3.96. The number of carbonyl (C=O) groups is 1. The number of thiophene rings is 1. The number of fused-ring (bicyclic) bond motifs is 5. The first kappa shape index (κ1) is 23.1. The Bertz CT molecular complexity index is 1450. The maximum absolute atomic E-state index is 13.9. The molecule has 0 unspecified atom stereocenters. The van der Waals surface area contributed by atoms with Gasteiger partial charge in [0.05, 0.1) is 30.4 Å². The molecule has 5 nitrogen and oxygen atoms in total. The Morgan fingerprint density at radius 2 is 1.92 bits per heavy atom. The highest BCUT2D eigenvalue weighted by Crippen LogP contribution is 2.44. The lowest BCUT2D eigenvalue weighted by molar-refractivity contribution is 0.194. The lowest BCUT2D eigenvalue weighted by atomic mass is 9.95. The molecule has 6 rings (SSSR count). The van der Waals surface area contributed by atoms with Crippen molar-refractivity contribution in [1.29, 1.82) is 0 Å². The Morgan fingerprint density at radius 3 is 2.69 bits per heavy atom. The van der Waals surface area contributed by atoms with Crippen LogP contribution < -0.4 is 10.1 Å². The number of methoxy groups -OCH3 is 1. The van der Waals surface area contributed by atoms with Crippen molar-refractivity contribution in [2.24, 2.45) is 0 Å². The van der Waals surface area contributed by atoms with Crippen LogP contribution in [0.5, 0.6) is 5.75 Å². The summed E-state index contributed by atoms with van der Waals surface area (Å²) < 4.78 is 21.4. The number of anilines is 1. The molecule has 2 aromatic carbocycles. The molecule has 4 aromatic rings. The molecule has 0 saturated heterocycles. The Balaban J connectivity index is 1.48. The van der Waals surface area contributed by atoms with Gasteiger partial charge in [0.25, 0.3) is 0 Å². The van der Waals surface area contributed by atoms with Crippen LogP contribution in [-0.4, -0.2) is 22.6 Å². The molecule has 8 heteroatoms. The predicted octanol–water partition coefficient (Wildman–Crippen LogP) is 7.36. The van der Waals surface area contributed by atoms with E-state index in [1.165, 1.54) is 45.6 Å². The largest absolute Gasteiger partial charge is 0.497 e. The Labute approximate surface area is 218 Å². The van der Waals surface area contributed by atoms with Crippen LogP contribution in [0.1, 0.15) is 46.1 Å². The molecule has 1 aliphatic heterocycles. The number of aromatic nitrogens is 1. The number of nitrogens with one attached hydrogen (secondary N) is 1. The predicted molar refractivity (Wildman–Crippen MR) is 141 cm³/mol. The standard InChI is InChI=1S/C28H25ClFN3O2S/c1-35-19-11-8-17(9-12-19)26-24-6-4-14-32(24)27-21(20-5-2-3-7-25(20)36-27)16-33(26)28(34)31-18-10-13-23(30)22(29)15-18/h4,6,8-15,26H,2-3,5,7,16H2,1H3,(H,31,34)/t26-/m0/s1. The zero-order valence-corrected chi connectivity index (χ0v) is 21.3. The smallest absolute Gasteiger partial charge is 0.322 e. The number of ether oxygens (including phenoxy) is 1. The molecule has 1 N–H and O–H groups in total. The van der Waals surface area contributed by atoms with E-state index in [0.29, 0.717) is 12.2 Å². The number of benzene rings is 2. The minimum atomic E-state index is -0.520. The van der Waals surface area contributed by atoms with Crippen LogP contribution >= 0.6 is 22.9 Å². The minimum absolute atomic E-state index is 0.0292. The van der Waals surface area contributed by atoms with Crippen LogP contribution in [0, 0.1) is 5.82 Å². The van der Waals surface area contributed by atoms with E-state index in [9.17, 15) is 9.18 Å². The molecular weight excluding hydrogens is 497 g/mol. The molecular formula is C28H25ClFN3O2S.